The van der Waals surface area contributed by atoms with Crippen LogP contribution in [0.4, 0.5) is 11.4 Å². The first-order chi connectivity index (χ1) is 19.4. The Morgan fingerprint density at radius 1 is 0.929 bits per heavy atom. The molecule has 2 aromatic heterocycles. The van der Waals surface area contributed by atoms with Crippen molar-refractivity contribution in [2.24, 2.45) is 14.1 Å². The molecule has 1 saturated heterocycles. The van der Waals surface area contributed by atoms with Crippen LogP contribution in [0.2, 0.25) is 5.02 Å². The number of carbonyl (C=O) groups excluding carboxylic acids is 2. The van der Waals surface area contributed by atoms with Gasteiger partial charge in [0.05, 0.1) is 52.2 Å². The largest absolute Gasteiger partial charge is 0.486 e. The maximum Gasteiger partial charge on any atom is 0.486 e. The van der Waals surface area contributed by atoms with Crippen molar-refractivity contribution >= 4 is 48.1 Å². The lowest BCUT2D eigenvalue weighted by Crippen LogP contribution is -2.41. The van der Waals surface area contributed by atoms with E-state index in [9.17, 15) is 29.8 Å². The van der Waals surface area contributed by atoms with Crippen molar-refractivity contribution in [2.75, 3.05) is 13.2 Å². The molecule has 16 heteroatoms. The van der Waals surface area contributed by atoms with E-state index in [1.165, 1.54) is 34.7 Å². The van der Waals surface area contributed by atoms with E-state index in [4.69, 9.17) is 30.4 Å². The molecule has 3 heterocycles. The molecule has 0 unspecified atom stereocenters. The summed E-state index contributed by atoms with van der Waals surface area (Å²) in [6, 6.07) is 0. The molecule has 14 nitrogen and oxygen atoms in total. The van der Waals surface area contributed by atoms with Crippen LogP contribution in [0.5, 0.6) is 0 Å². The third kappa shape index (κ3) is 8.30. The molecule has 0 spiro atoms. The Kier molecular flexibility index (Phi) is 12.7. The highest BCUT2D eigenvalue weighted by Gasteiger charge is 2.49. The third-order valence-corrected chi connectivity index (χ3v) is 6.67. The van der Waals surface area contributed by atoms with Crippen LogP contribution in [0.15, 0.2) is 31.5 Å². The first-order valence-electron chi connectivity index (χ1n) is 12.7. The summed E-state index contributed by atoms with van der Waals surface area (Å²) in [4.78, 5) is 43.0. The van der Waals surface area contributed by atoms with Crippen LogP contribution in [0.3, 0.4) is 0 Å². The molecule has 0 aliphatic carbocycles. The van der Waals surface area contributed by atoms with Gasteiger partial charge in [-0.05, 0) is 41.5 Å². The molecule has 1 aliphatic rings. The number of nitrogens with zero attached hydrogens (tertiary/aromatic N) is 4. The molecule has 1 aliphatic heterocycles. The standard InChI is InChI=1S/C10H12N2O4.C8H15BO2.C8H9ClN2O4/c1-4-7-8(12(14)15)6-11(3)9(7)10(13)16-5-2;1-6-9-10-7(2,3)8(4,5)11-9;1-3-15-8(12)7-6(9)5(11(13)14)4-10(7)2/h4,6H,1,5H2,2-3H3;6H,1H2,2-5H3;4H,3H2,1-2H3. The second kappa shape index (κ2) is 14.8. The number of aryl methyl sites for hydroxylation is 2. The lowest BCUT2D eigenvalue weighted by molar-refractivity contribution is -0.385. The van der Waals surface area contributed by atoms with E-state index in [1.54, 1.807) is 26.9 Å². The van der Waals surface area contributed by atoms with Crippen molar-refractivity contribution in [3.8, 4) is 0 Å². The van der Waals surface area contributed by atoms with Gasteiger partial charge in [-0.3, -0.25) is 20.2 Å². The highest BCUT2D eigenvalue weighted by Crippen LogP contribution is 2.36. The fourth-order valence-corrected chi connectivity index (χ4v) is 3.88. The molecule has 0 N–H and O–H groups in total. The van der Waals surface area contributed by atoms with Gasteiger partial charge >= 0.3 is 24.7 Å². The van der Waals surface area contributed by atoms with Gasteiger partial charge in [-0.15, -0.1) is 6.58 Å². The summed E-state index contributed by atoms with van der Waals surface area (Å²) in [7, 11) is 2.79. The van der Waals surface area contributed by atoms with Crippen molar-refractivity contribution in [1.82, 2.24) is 9.13 Å². The molecule has 0 saturated carbocycles. The van der Waals surface area contributed by atoms with Gasteiger partial charge in [0.2, 0.25) is 0 Å². The third-order valence-electron chi connectivity index (χ3n) is 6.30. The van der Waals surface area contributed by atoms with E-state index in [2.05, 4.69) is 13.2 Å². The molecule has 0 atom stereocenters. The van der Waals surface area contributed by atoms with Gasteiger partial charge in [0, 0.05) is 14.1 Å². The van der Waals surface area contributed by atoms with Crippen molar-refractivity contribution in [3.63, 3.8) is 0 Å². The van der Waals surface area contributed by atoms with Gasteiger partial charge in [0.1, 0.15) is 5.69 Å². The Morgan fingerprint density at radius 3 is 1.67 bits per heavy atom. The predicted molar refractivity (Wildman–Crippen MR) is 157 cm³/mol. The van der Waals surface area contributed by atoms with Gasteiger partial charge < -0.3 is 27.9 Å². The van der Waals surface area contributed by atoms with Crippen LogP contribution in [-0.2, 0) is 32.9 Å². The number of esters is 2. The Balaban J connectivity index is 0.000000320. The van der Waals surface area contributed by atoms with Crippen molar-refractivity contribution < 1.29 is 38.2 Å². The van der Waals surface area contributed by atoms with Gasteiger partial charge in [-0.1, -0.05) is 30.2 Å². The number of hydrogen-bond acceptors (Lipinski definition) is 10. The minimum atomic E-state index is -0.668. The summed E-state index contributed by atoms with van der Waals surface area (Å²) in [6.07, 6.45) is 3.72. The second-order valence-corrected chi connectivity index (χ2v) is 10.1. The molecule has 3 rings (SSSR count). The van der Waals surface area contributed by atoms with E-state index >= 15 is 0 Å². The monoisotopic (exact) mass is 610 g/mol. The highest BCUT2D eigenvalue weighted by atomic mass is 35.5. The Labute approximate surface area is 249 Å². The number of rotatable bonds is 8. The summed E-state index contributed by atoms with van der Waals surface area (Å²) in [5.41, 5.74) is -0.597. The Bertz CT molecular complexity index is 1330. The number of nitro groups is 2. The normalized spacial score (nSPS) is 14.5. The van der Waals surface area contributed by atoms with Gasteiger partial charge in [0.15, 0.2) is 10.7 Å². The van der Waals surface area contributed by atoms with Crippen LogP contribution in [0.1, 0.15) is 68.1 Å². The lowest BCUT2D eigenvalue weighted by Gasteiger charge is -2.32. The number of halogens is 1. The molecule has 42 heavy (non-hydrogen) atoms. The Morgan fingerprint density at radius 2 is 1.33 bits per heavy atom. The number of carbonyl (C=O) groups is 2. The average molecular weight is 611 g/mol. The molecular formula is C26H36BClN4O10. The summed E-state index contributed by atoms with van der Waals surface area (Å²) in [6.45, 7) is 18.9. The average Bonchev–Trinajstić information content (AvgIpc) is 3.46. The Hall–Kier alpha value is -3.95. The van der Waals surface area contributed by atoms with Crippen LogP contribution in [0.25, 0.3) is 6.08 Å². The number of aromatic nitrogens is 2. The molecule has 0 aromatic carbocycles. The van der Waals surface area contributed by atoms with Crippen LogP contribution in [-0.4, -0.2) is 62.5 Å². The maximum atomic E-state index is 11.6. The zero-order chi connectivity index (χ0) is 32.6. The molecule has 0 radical (unpaired) electrons. The molecule has 0 bridgehead atoms. The zero-order valence-electron chi connectivity index (χ0n) is 25.0. The summed E-state index contributed by atoms with van der Waals surface area (Å²) >= 11 is 5.69. The van der Waals surface area contributed by atoms with Gasteiger partial charge in [-0.2, -0.15) is 0 Å². The second-order valence-electron chi connectivity index (χ2n) is 9.70. The first-order valence-corrected chi connectivity index (χ1v) is 13.1. The fraction of sp³-hybridized carbons (Fsp3) is 0.462. The highest BCUT2D eigenvalue weighted by molar-refractivity contribution is 6.51. The smallest absolute Gasteiger partial charge is 0.461 e. The van der Waals surface area contributed by atoms with Crippen molar-refractivity contribution in [3.05, 3.63) is 73.7 Å². The van der Waals surface area contributed by atoms with E-state index in [0.29, 0.717) is 0 Å². The fourth-order valence-electron chi connectivity index (χ4n) is 3.55. The zero-order valence-corrected chi connectivity index (χ0v) is 25.7. The van der Waals surface area contributed by atoms with Crippen molar-refractivity contribution in [1.29, 1.82) is 0 Å². The predicted octanol–water partition coefficient (Wildman–Crippen LogP) is 5.32. The van der Waals surface area contributed by atoms with E-state index in [0.717, 1.165) is 0 Å². The summed E-state index contributed by atoms with van der Waals surface area (Å²) < 4.78 is 23.3. The lowest BCUT2D eigenvalue weighted by atomic mass is 9.90. The number of ether oxygens (including phenoxy) is 2. The van der Waals surface area contributed by atoms with E-state index < -0.39 is 21.8 Å². The van der Waals surface area contributed by atoms with Crippen LogP contribution in [0, 0.1) is 20.2 Å². The summed E-state index contributed by atoms with van der Waals surface area (Å²) in [5, 5.41) is 21.0. The summed E-state index contributed by atoms with van der Waals surface area (Å²) in [5.74, 6) is 0.419. The van der Waals surface area contributed by atoms with Crippen LogP contribution < -0.4 is 0 Å². The van der Waals surface area contributed by atoms with Crippen molar-refractivity contribution in [2.45, 2.75) is 52.7 Å². The van der Waals surface area contributed by atoms with Gasteiger partial charge in [0.25, 0.3) is 5.69 Å². The van der Waals surface area contributed by atoms with E-state index in [1.807, 2.05) is 27.7 Å². The maximum absolute atomic E-state index is 11.6. The quantitative estimate of drug-likeness (QED) is 0.165. The minimum absolute atomic E-state index is 0.00906. The van der Waals surface area contributed by atoms with Crippen LogP contribution >= 0.6 is 11.6 Å². The molecule has 0 amide bonds. The molecule has 230 valence electrons. The SMILES string of the molecule is C=CB1OC(C)(C)C(C)(C)O1.C=Cc1c([N+](=O)[O-])cn(C)c1C(=O)OCC.CCOC(=O)c1c(Cl)c([N+](=O)[O-])cn1C. The van der Waals surface area contributed by atoms with E-state index in [-0.39, 0.29) is 64.9 Å². The molecular weight excluding hydrogens is 575 g/mol. The van der Waals surface area contributed by atoms with Gasteiger partial charge in [-0.25, -0.2) is 9.59 Å². The molecule has 2 aromatic rings. The minimum Gasteiger partial charge on any atom is -0.461 e. The first kappa shape index (κ1) is 36.1. The molecule has 1 fully saturated rings. The number of hydrogen-bond donors (Lipinski definition) is 0. The topological polar surface area (TPSA) is 167 Å².